The predicted octanol–water partition coefficient (Wildman–Crippen LogP) is 2.91. The maximum atomic E-state index is 12.8. The number of nitriles is 1. The average Bonchev–Trinajstić information content (AvgIpc) is 3.25. The average molecular weight is 318 g/mol. The lowest BCUT2D eigenvalue weighted by Crippen LogP contribution is -2.29. The van der Waals surface area contributed by atoms with Gasteiger partial charge in [-0.3, -0.25) is 4.79 Å². The predicted molar refractivity (Wildman–Crippen MR) is 88.7 cm³/mol. The highest BCUT2D eigenvalue weighted by Crippen LogP contribution is 2.33. The van der Waals surface area contributed by atoms with Crippen molar-refractivity contribution in [2.45, 2.75) is 6.42 Å². The summed E-state index contributed by atoms with van der Waals surface area (Å²) < 4.78 is 10.6. The number of anilines is 1. The van der Waals surface area contributed by atoms with E-state index in [0.29, 0.717) is 18.0 Å². The van der Waals surface area contributed by atoms with Gasteiger partial charge in [-0.1, -0.05) is 24.3 Å². The van der Waals surface area contributed by atoms with Crippen LogP contribution in [0.15, 0.2) is 48.0 Å². The van der Waals surface area contributed by atoms with Gasteiger partial charge >= 0.3 is 0 Å². The van der Waals surface area contributed by atoms with Crippen LogP contribution in [0.3, 0.4) is 0 Å². The third-order valence-corrected chi connectivity index (χ3v) is 4.19. The topological polar surface area (TPSA) is 62.6 Å². The third-order valence-electron chi connectivity index (χ3n) is 4.19. The molecule has 2 heterocycles. The molecule has 5 heteroatoms. The van der Waals surface area contributed by atoms with E-state index in [9.17, 15) is 10.1 Å². The molecule has 24 heavy (non-hydrogen) atoms. The first-order chi connectivity index (χ1) is 11.8. The van der Waals surface area contributed by atoms with Gasteiger partial charge in [-0.05, 0) is 41.8 Å². The Bertz CT molecular complexity index is 896. The second-order valence-corrected chi connectivity index (χ2v) is 5.62. The van der Waals surface area contributed by atoms with Gasteiger partial charge in [0.15, 0.2) is 11.5 Å². The van der Waals surface area contributed by atoms with Gasteiger partial charge in [0.1, 0.15) is 11.6 Å². The number of benzene rings is 2. The lowest BCUT2D eigenvalue weighted by Gasteiger charge is -2.16. The largest absolute Gasteiger partial charge is 0.454 e. The number of hydrogen-bond acceptors (Lipinski definition) is 4. The Balaban J connectivity index is 1.64. The number of amides is 1. The Morgan fingerprint density at radius 1 is 1.17 bits per heavy atom. The SMILES string of the molecule is N#CC(=Cc1ccc2c(c1)OCO2)C(=O)N1CCc2ccccc21. The zero-order chi connectivity index (χ0) is 16.5. The number of ether oxygens (including phenoxy) is 2. The molecule has 0 aromatic heterocycles. The summed E-state index contributed by atoms with van der Waals surface area (Å²) in [7, 11) is 0. The molecule has 2 aromatic carbocycles. The van der Waals surface area contributed by atoms with Crippen molar-refractivity contribution in [1.29, 1.82) is 5.26 Å². The van der Waals surface area contributed by atoms with Crippen LogP contribution in [0.2, 0.25) is 0 Å². The molecule has 0 radical (unpaired) electrons. The Morgan fingerprint density at radius 2 is 2.00 bits per heavy atom. The van der Waals surface area contributed by atoms with Crippen LogP contribution in [0, 0.1) is 11.3 Å². The summed E-state index contributed by atoms with van der Waals surface area (Å²) in [6, 6.07) is 15.2. The van der Waals surface area contributed by atoms with Gasteiger partial charge in [0.05, 0.1) is 0 Å². The van der Waals surface area contributed by atoms with Gasteiger partial charge in [0, 0.05) is 12.2 Å². The number of nitrogens with zero attached hydrogens (tertiary/aromatic N) is 2. The van der Waals surface area contributed by atoms with Crippen LogP contribution in [-0.2, 0) is 11.2 Å². The van der Waals surface area contributed by atoms with Crippen LogP contribution in [0.5, 0.6) is 11.5 Å². The first-order valence-electron chi connectivity index (χ1n) is 7.67. The summed E-state index contributed by atoms with van der Waals surface area (Å²) in [4.78, 5) is 14.4. The third kappa shape index (κ3) is 2.38. The second-order valence-electron chi connectivity index (χ2n) is 5.62. The molecule has 0 bridgehead atoms. The molecule has 0 unspecified atom stereocenters. The molecule has 4 rings (SSSR count). The number of carbonyl (C=O) groups excluding carboxylic acids is 1. The Labute approximate surface area is 139 Å². The summed E-state index contributed by atoms with van der Waals surface area (Å²) in [6.07, 6.45) is 2.40. The zero-order valence-electron chi connectivity index (χ0n) is 12.9. The smallest absolute Gasteiger partial charge is 0.268 e. The highest BCUT2D eigenvalue weighted by molar-refractivity contribution is 6.12. The number of fused-ring (bicyclic) bond motifs is 2. The molecule has 0 aliphatic carbocycles. The Kier molecular flexibility index (Phi) is 3.43. The van der Waals surface area contributed by atoms with Crippen molar-refractivity contribution in [2.75, 3.05) is 18.2 Å². The lowest BCUT2D eigenvalue weighted by atomic mass is 10.1. The van der Waals surface area contributed by atoms with Gasteiger partial charge in [-0.2, -0.15) is 5.26 Å². The van der Waals surface area contributed by atoms with E-state index in [1.165, 1.54) is 0 Å². The van der Waals surface area contributed by atoms with Gasteiger partial charge in [-0.15, -0.1) is 0 Å². The van der Waals surface area contributed by atoms with Crippen LogP contribution in [0.1, 0.15) is 11.1 Å². The van der Waals surface area contributed by atoms with Gasteiger partial charge in [-0.25, -0.2) is 0 Å². The molecule has 2 aliphatic heterocycles. The summed E-state index contributed by atoms with van der Waals surface area (Å²) in [6.45, 7) is 0.787. The molecular weight excluding hydrogens is 304 g/mol. The standard InChI is InChI=1S/C19H14N2O3/c20-11-15(9-13-5-6-17-18(10-13)24-12-23-17)19(22)21-8-7-14-3-1-2-4-16(14)21/h1-6,9-10H,7-8,12H2. The fourth-order valence-corrected chi connectivity index (χ4v) is 3.01. The maximum Gasteiger partial charge on any atom is 0.268 e. The molecule has 2 aliphatic rings. The molecule has 0 atom stereocenters. The van der Waals surface area contributed by atoms with Crippen molar-refractivity contribution in [2.24, 2.45) is 0 Å². The summed E-state index contributed by atoms with van der Waals surface area (Å²) >= 11 is 0. The number of hydrogen-bond donors (Lipinski definition) is 0. The molecule has 2 aromatic rings. The van der Waals surface area contributed by atoms with Crippen molar-refractivity contribution in [3.8, 4) is 17.6 Å². The van der Waals surface area contributed by atoms with E-state index in [1.807, 2.05) is 30.3 Å². The van der Waals surface area contributed by atoms with Gasteiger partial charge < -0.3 is 14.4 Å². The summed E-state index contributed by atoms with van der Waals surface area (Å²) in [5, 5.41) is 9.44. The van der Waals surface area contributed by atoms with E-state index in [4.69, 9.17) is 9.47 Å². The fraction of sp³-hybridized carbons (Fsp3) is 0.158. The van der Waals surface area contributed by atoms with E-state index < -0.39 is 0 Å². The van der Waals surface area contributed by atoms with Crippen molar-refractivity contribution >= 4 is 17.7 Å². The minimum Gasteiger partial charge on any atom is -0.454 e. The first-order valence-corrected chi connectivity index (χ1v) is 7.67. The number of rotatable bonds is 2. The molecule has 0 saturated carbocycles. The molecule has 118 valence electrons. The van der Waals surface area contributed by atoms with Crippen molar-refractivity contribution in [3.05, 3.63) is 59.2 Å². The Morgan fingerprint density at radius 3 is 2.88 bits per heavy atom. The van der Waals surface area contributed by atoms with E-state index in [-0.39, 0.29) is 18.3 Å². The van der Waals surface area contributed by atoms with Crippen LogP contribution < -0.4 is 14.4 Å². The van der Waals surface area contributed by atoms with Crippen LogP contribution in [-0.4, -0.2) is 19.2 Å². The fourth-order valence-electron chi connectivity index (χ4n) is 3.01. The van der Waals surface area contributed by atoms with Crippen LogP contribution in [0.25, 0.3) is 6.08 Å². The highest BCUT2D eigenvalue weighted by Gasteiger charge is 2.26. The second kappa shape index (κ2) is 5.74. The minimum absolute atomic E-state index is 0.102. The molecule has 5 nitrogen and oxygen atoms in total. The highest BCUT2D eigenvalue weighted by atomic mass is 16.7. The molecule has 0 spiro atoms. The maximum absolute atomic E-state index is 12.8. The van der Waals surface area contributed by atoms with Gasteiger partial charge in [0.25, 0.3) is 5.91 Å². The van der Waals surface area contributed by atoms with Crippen LogP contribution >= 0.6 is 0 Å². The monoisotopic (exact) mass is 318 g/mol. The van der Waals surface area contributed by atoms with Gasteiger partial charge in [0.2, 0.25) is 6.79 Å². The van der Waals surface area contributed by atoms with E-state index in [2.05, 4.69) is 0 Å². The normalized spacial score (nSPS) is 15.1. The van der Waals surface area contributed by atoms with E-state index >= 15 is 0 Å². The molecule has 0 N–H and O–H groups in total. The molecular formula is C19H14N2O3. The molecule has 0 saturated heterocycles. The van der Waals surface area contributed by atoms with E-state index in [1.54, 1.807) is 29.2 Å². The molecule has 0 fully saturated rings. The van der Waals surface area contributed by atoms with Crippen molar-refractivity contribution < 1.29 is 14.3 Å². The van der Waals surface area contributed by atoms with Crippen molar-refractivity contribution in [1.82, 2.24) is 0 Å². The lowest BCUT2D eigenvalue weighted by molar-refractivity contribution is -0.114. The van der Waals surface area contributed by atoms with Crippen LogP contribution in [0.4, 0.5) is 5.69 Å². The quantitative estimate of drug-likeness (QED) is 0.631. The van der Waals surface area contributed by atoms with E-state index in [0.717, 1.165) is 23.2 Å². The first kappa shape index (κ1) is 14.3. The summed E-state index contributed by atoms with van der Waals surface area (Å²) in [5.41, 5.74) is 2.85. The van der Waals surface area contributed by atoms with Crippen molar-refractivity contribution in [3.63, 3.8) is 0 Å². The summed E-state index contributed by atoms with van der Waals surface area (Å²) in [5.74, 6) is 1.02. The zero-order valence-corrected chi connectivity index (χ0v) is 12.9. The Hall–Kier alpha value is -3.26. The number of para-hydroxylation sites is 1. The minimum atomic E-state index is -0.278. The number of carbonyl (C=O) groups is 1. The molecule has 1 amide bonds.